The quantitative estimate of drug-likeness (QED) is 0.385. The summed E-state index contributed by atoms with van der Waals surface area (Å²) in [5.41, 5.74) is 4.49. The molecule has 0 saturated carbocycles. The van der Waals surface area contributed by atoms with Gasteiger partial charge >= 0.3 is 11.9 Å². The van der Waals surface area contributed by atoms with Gasteiger partial charge in [-0.15, -0.1) is 0 Å². The zero-order chi connectivity index (χ0) is 26.8. The van der Waals surface area contributed by atoms with Crippen LogP contribution < -0.4 is 5.32 Å². The number of hydrogen-bond donors (Lipinski definition) is 1. The van der Waals surface area contributed by atoms with Gasteiger partial charge in [-0.3, -0.25) is 14.6 Å². The summed E-state index contributed by atoms with van der Waals surface area (Å²) in [6.07, 6.45) is 1.98. The molecule has 3 aromatic rings. The van der Waals surface area contributed by atoms with Crippen LogP contribution in [-0.4, -0.2) is 40.9 Å². The van der Waals surface area contributed by atoms with Gasteiger partial charge in [-0.1, -0.05) is 42.5 Å². The van der Waals surface area contributed by atoms with Crippen molar-refractivity contribution in [3.8, 4) is 0 Å². The predicted octanol–water partition coefficient (Wildman–Crippen LogP) is 4.34. The van der Waals surface area contributed by atoms with Crippen molar-refractivity contribution in [1.82, 2.24) is 15.3 Å². The fourth-order valence-electron chi connectivity index (χ4n) is 5.44. The fourth-order valence-corrected chi connectivity index (χ4v) is 5.44. The molecule has 1 aromatic heterocycles. The zero-order valence-corrected chi connectivity index (χ0v) is 21.6. The number of hydrogen-bond acceptors (Lipinski definition) is 8. The Morgan fingerprint density at radius 3 is 2.37 bits per heavy atom. The summed E-state index contributed by atoms with van der Waals surface area (Å²) in [5.74, 6) is -3.84. The minimum Gasteiger partial charge on any atom is -0.465 e. The highest BCUT2D eigenvalue weighted by atomic mass is 16.5. The van der Waals surface area contributed by atoms with Crippen molar-refractivity contribution in [2.24, 2.45) is 5.92 Å². The Hall–Kier alpha value is -4.33. The van der Waals surface area contributed by atoms with Gasteiger partial charge < -0.3 is 14.8 Å². The molecule has 5 rings (SSSR count). The van der Waals surface area contributed by atoms with E-state index >= 15 is 0 Å². The van der Waals surface area contributed by atoms with Crippen LogP contribution in [0.15, 0.2) is 83.3 Å². The number of rotatable bonds is 6. The van der Waals surface area contributed by atoms with Crippen LogP contribution in [-0.2, 0) is 23.9 Å². The number of dihydropyridines is 1. The number of fused-ring (bicyclic) bond motifs is 1. The first-order valence-electron chi connectivity index (χ1n) is 12.8. The largest absolute Gasteiger partial charge is 0.465 e. The van der Waals surface area contributed by atoms with E-state index in [0.717, 1.165) is 5.56 Å². The number of esters is 2. The summed E-state index contributed by atoms with van der Waals surface area (Å²) in [6, 6.07) is 16.9. The van der Waals surface area contributed by atoms with Gasteiger partial charge in [0.1, 0.15) is 5.92 Å². The third-order valence-corrected chi connectivity index (χ3v) is 7.05. The number of benzene rings is 2. The van der Waals surface area contributed by atoms with Crippen molar-refractivity contribution in [2.45, 2.75) is 39.0 Å². The Balaban J connectivity index is 1.70. The average Bonchev–Trinajstić information content (AvgIpc) is 2.92. The first-order chi connectivity index (χ1) is 18.4. The molecule has 0 fully saturated rings. The summed E-state index contributed by atoms with van der Waals surface area (Å²) < 4.78 is 10.8. The van der Waals surface area contributed by atoms with Gasteiger partial charge in [0.2, 0.25) is 0 Å². The number of ether oxygens (including phenoxy) is 2. The maximum absolute atomic E-state index is 14.3. The molecule has 8 nitrogen and oxygen atoms in total. The summed E-state index contributed by atoms with van der Waals surface area (Å²) in [7, 11) is 0. The van der Waals surface area contributed by atoms with Crippen LogP contribution in [0.25, 0.3) is 11.0 Å². The second-order valence-electron chi connectivity index (χ2n) is 9.31. The van der Waals surface area contributed by atoms with Crippen molar-refractivity contribution in [2.75, 3.05) is 13.2 Å². The third kappa shape index (κ3) is 4.47. The van der Waals surface area contributed by atoms with E-state index in [0.29, 0.717) is 40.1 Å². The van der Waals surface area contributed by atoms with E-state index in [9.17, 15) is 14.4 Å². The molecular weight excluding hydrogens is 482 g/mol. The molecule has 2 aliphatic rings. The van der Waals surface area contributed by atoms with Crippen LogP contribution in [0.1, 0.15) is 50.3 Å². The van der Waals surface area contributed by atoms with Gasteiger partial charge in [0, 0.05) is 22.9 Å². The lowest BCUT2D eigenvalue weighted by Gasteiger charge is -2.39. The molecule has 3 atom stereocenters. The molecule has 1 aliphatic heterocycles. The second-order valence-corrected chi connectivity index (χ2v) is 9.31. The van der Waals surface area contributed by atoms with E-state index in [2.05, 4.69) is 10.3 Å². The molecule has 2 aromatic carbocycles. The molecule has 0 unspecified atom stereocenters. The van der Waals surface area contributed by atoms with Crippen LogP contribution in [0, 0.1) is 5.92 Å². The van der Waals surface area contributed by atoms with Gasteiger partial charge in [-0.05, 0) is 44.9 Å². The molecule has 8 heteroatoms. The molecule has 194 valence electrons. The SMILES string of the molecule is CCOC(=O)C1=C(C)NC2=C(C(=O)[C@H](C(=O)OCC)[C@@H](c3ccccc3)C2)[C@H]1c1cnc2ccccc2n1. The Kier molecular flexibility index (Phi) is 7.05. The highest BCUT2D eigenvalue weighted by Gasteiger charge is 2.49. The maximum Gasteiger partial charge on any atom is 0.336 e. The first kappa shape index (κ1) is 25.3. The molecule has 0 radical (unpaired) electrons. The maximum atomic E-state index is 14.3. The van der Waals surface area contributed by atoms with Gasteiger partial charge in [0.05, 0.1) is 47.6 Å². The summed E-state index contributed by atoms with van der Waals surface area (Å²) in [5, 5.41) is 3.30. The molecule has 0 saturated heterocycles. The normalized spacial score (nSPS) is 21.1. The highest BCUT2D eigenvalue weighted by molar-refractivity contribution is 6.13. The molecule has 38 heavy (non-hydrogen) atoms. The van der Waals surface area contributed by atoms with Crippen molar-refractivity contribution in [3.05, 3.63) is 94.6 Å². The molecular formula is C30H29N3O5. The summed E-state index contributed by atoms with van der Waals surface area (Å²) in [6.45, 7) is 5.56. The first-order valence-corrected chi connectivity index (χ1v) is 12.8. The Morgan fingerprint density at radius 2 is 1.66 bits per heavy atom. The number of ketones is 1. The number of carbonyl (C=O) groups excluding carboxylic acids is 3. The van der Waals surface area contributed by atoms with E-state index in [1.165, 1.54) is 0 Å². The van der Waals surface area contributed by atoms with Crippen LogP contribution in [0.3, 0.4) is 0 Å². The minimum atomic E-state index is -1.06. The molecule has 0 spiro atoms. The average molecular weight is 512 g/mol. The van der Waals surface area contributed by atoms with Crippen molar-refractivity contribution >= 4 is 28.8 Å². The van der Waals surface area contributed by atoms with Gasteiger partial charge in [0.25, 0.3) is 0 Å². The number of para-hydroxylation sites is 2. The van der Waals surface area contributed by atoms with E-state index in [4.69, 9.17) is 14.5 Å². The Morgan fingerprint density at radius 1 is 0.974 bits per heavy atom. The van der Waals surface area contributed by atoms with Crippen LogP contribution >= 0.6 is 0 Å². The van der Waals surface area contributed by atoms with E-state index < -0.39 is 29.7 Å². The zero-order valence-electron chi connectivity index (χ0n) is 21.6. The van der Waals surface area contributed by atoms with Crippen molar-refractivity contribution < 1.29 is 23.9 Å². The monoisotopic (exact) mass is 511 g/mol. The molecule has 0 amide bonds. The number of nitrogens with one attached hydrogen (secondary N) is 1. The topological polar surface area (TPSA) is 107 Å². The van der Waals surface area contributed by atoms with Crippen LogP contribution in [0.4, 0.5) is 0 Å². The molecule has 2 heterocycles. The number of allylic oxidation sites excluding steroid dienone is 3. The fraction of sp³-hybridized carbons (Fsp3) is 0.300. The Labute approximate surface area is 220 Å². The standard InChI is InChI=1S/C30H29N3O5/c1-4-37-29(35)24-17(3)32-22-15-19(18-11-7-6-8-12-18)25(30(36)38-5-2)28(34)27(22)26(24)23-16-31-20-13-9-10-14-21(20)33-23/h6-14,16,19,25-26,32H,4-5,15H2,1-3H3/t19-,25-,26+/m1/s1. The van der Waals surface area contributed by atoms with E-state index in [1.807, 2.05) is 54.6 Å². The molecule has 1 aliphatic carbocycles. The number of Topliss-reactive ketones (excluding diaryl/α,β-unsaturated/α-hetero) is 1. The summed E-state index contributed by atoms with van der Waals surface area (Å²) in [4.78, 5) is 50.2. The predicted molar refractivity (Wildman–Crippen MR) is 141 cm³/mol. The second kappa shape index (κ2) is 10.6. The number of carbonyl (C=O) groups is 3. The van der Waals surface area contributed by atoms with Crippen molar-refractivity contribution in [1.29, 1.82) is 0 Å². The van der Waals surface area contributed by atoms with E-state index in [1.54, 1.807) is 27.0 Å². The molecule has 0 bridgehead atoms. The number of aromatic nitrogens is 2. The Bertz CT molecular complexity index is 1480. The summed E-state index contributed by atoms with van der Waals surface area (Å²) >= 11 is 0. The molecule has 1 N–H and O–H groups in total. The van der Waals surface area contributed by atoms with Crippen LogP contribution in [0.2, 0.25) is 0 Å². The van der Waals surface area contributed by atoms with Crippen LogP contribution in [0.5, 0.6) is 0 Å². The third-order valence-electron chi connectivity index (χ3n) is 7.05. The van der Waals surface area contributed by atoms with Gasteiger partial charge in [0.15, 0.2) is 5.78 Å². The van der Waals surface area contributed by atoms with Gasteiger partial charge in [-0.25, -0.2) is 9.78 Å². The highest BCUT2D eigenvalue weighted by Crippen LogP contribution is 2.47. The lowest BCUT2D eigenvalue weighted by atomic mass is 9.68. The van der Waals surface area contributed by atoms with Gasteiger partial charge in [-0.2, -0.15) is 0 Å². The minimum absolute atomic E-state index is 0.154. The smallest absolute Gasteiger partial charge is 0.336 e. The van der Waals surface area contributed by atoms with E-state index in [-0.39, 0.29) is 24.6 Å². The van der Waals surface area contributed by atoms with Crippen molar-refractivity contribution in [3.63, 3.8) is 0 Å². The lowest BCUT2D eigenvalue weighted by Crippen LogP contribution is -2.43. The number of nitrogens with zero attached hydrogens (tertiary/aromatic N) is 2. The lowest BCUT2D eigenvalue weighted by molar-refractivity contribution is -0.152.